The minimum atomic E-state index is -0.191. The van der Waals surface area contributed by atoms with Gasteiger partial charge in [-0.3, -0.25) is 0 Å². The third-order valence-corrected chi connectivity index (χ3v) is 22.7. The highest BCUT2D eigenvalue weighted by Gasteiger charge is 2.58. The van der Waals surface area contributed by atoms with Gasteiger partial charge in [0.05, 0.1) is 16.9 Å². The first-order valence-corrected chi connectivity index (χ1v) is 34.5. The van der Waals surface area contributed by atoms with Crippen LogP contribution >= 0.6 is 11.3 Å². The number of benzene rings is 10. The van der Waals surface area contributed by atoms with E-state index in [2.05, 4.69) is 341 Å². The first-order valence-electron chi connectivity index (χ1n) is 33.6. The lowest BCUT2D eigenvalue weighted by atomic mass is 9.36. The van der Waals surface area contributed by atoms with Gasteiger partial charge in [-0.05, 0) is 182 Å². The normalized spacial score (nSPS) is 17.7. The Hall–Kier alpha value is -8.58. The summed E-state index contributed by atoms with van der Waals surface area (Å²) in [5.41, 5.74) is 26.8. The van der Waals surface area contributed by atoms with Crippen molar-refractivity contribution in [2.75, 3.05) is 19.6 Å². The van der Waals surface area contributed by atoms with E-state index in [0.717, 1.165) is 41.3 Å². The molecular weight excluding hydrogens is 1130 g/mol. The summed E-state index contributed by atoms with van der Waals surface area (Å²) in [6.07, 6.45) is 4.67. The van der Waals surface area contributed by atoms with E-state index in [1.807, 2.05) is 11.3 Å². The Bertz CT molecular complexity index is 4580. The van der Waals surface area contributed by atoms with Crippen molar-refractivity contribution in [1.29, 1.82) is 0 Å². The first kappa shape index (κ1) is 59.7. The lowest BCUT2D eigenvalue weighted by Gasteiger charge is -2.51. The van der Waals surface area contributed by atoms with Crippen LogP contribution in [0.25, 0.3) is 32.3 Å². The van der Waals surface area contributed by atoms with Crippen molar-refractivity contribution in [1.82, 2.24) is 0 Å². The van der Waals surface area contributed by atoms with Crippen LogP contribution < -0.4 is 35.3 Å². The van der Waals surface area contributed by atoms with Crippen LogP contribution in [0.2, 0.25) is 0 Å². The molecule has 0 saturated heterocycles. The Morgan fingerprint density at radius 3 is 1.47 bits per heavy atom. The fraction of sp³-hybridized carbons (Fsp3) is 0.279. The van der Waals surface area contributed by atoms with Gasteiger partial charge in [-0.15, -0.1) is 11.3 Å². The zero-order chi connectivity index (χ0) is 64.0. The molecule has 6 heteroatoms. The summed E-state index contributed by atoms with van der Waals surface area (Å²) in [4.78, 5) is 10.7. The van der Waals surface area contributed by atoms with Crippen molar-refractivity contribution in [2.24, 2.45) is 0 Å². The summed E-state index contributed by atoms with van der Waals surface area (Å²) in [6.45, 7) is 32.9. The molecule has 0 N–H and O–H groups in total. The van der Waals surface area contributed by atoms with Gasteiger partial charge in [-0.1, -0.05) is 242 Å². The second-order valence-electron chi connectivity index (χ2n) is 31.4. The minimum Gasteiger partial charge on any atom is -0.334 e. The van der Waals surface area contributed by atoms with Crippen LogP contribution in [0.15, 0.2) is 224 Å². The Morgan fingerprint density at radius 1 is 0.424 bits per heavy atom. The van der Waals surface area contributed by atoms with Gasteiger partial charge in [0.2, 0.25) is 0 Å². The van der Waals surface area contributed by atoms with Gasteiger partial charge in [0, 0.05) is 77.0 Å². The highest BCUT2D eigenvalue weighted by molar-refractivity contribution is 7.33. The monoisotopic (exact) mass is 1220 g/mol. The Labute approximate surface area is 552 Å². The Balaban J connectivity index is 1.10. The summed E-state index contributed by atoms with van der Waals surface area (Å²) in [5.74, 6) is 0. The molecule has 4 heterocycles. The van der Waals surface area contributed by atoms with Gasteiger partial charge in [-0.2, -0.15) is 0 Å². The molecule has 0 bridgehead atoms. The molecule has 2 atom stereocenters. The number of para-hydroxylation sites is 1. The summed E-state index contributed by atoms with van der Waals surface area (Å²) in [5, 5.41) is 1.27. The zero-order valence-corrected chi connectivity index (χ0v) is 57.3. The topological polar surface area (TPSA) is 13.0 Å². The van der Waals surface area contributed by atoms with Crippen molar-refractivity contribution in [3.8, 4) is 22.3 Å². The predicted molar refractivity (Wildman–Crippen MR) is 399 cm³/mol. The average molecular weight is 1220 g/mol. The molecule has 0 spiro atoms. The first-order chi connectivity index (χ1) is 43.9. The van der Waals surface area contributed by atoms with Crippen LogP contribution in [0, 0.1) is 0 Å². The van der Waals surface area contributed by atoms with Crippen LogP contribution in [0.3, 0.4) is 0 Å². The zero-order valence-electron chi connectivity index (χ0n) is 56.5. The summed E-state index contributed by atoms with van der Waals surface area (Å²) in [6, 6.07) is 87.3. The number of anilines is 11. The smallest absolute Gasteiger partial charge is 0.264 e. The number of hydrogen-bond acceptors (Lipinski definition) is 5. The number of rotatable bonds is 8. The van der Waals surface area contributed by atoms with Crippen LogP contribution in [0.4, 0.5) is 62.6 Å². The molecule has 1 saturated carbocycles. The fourth-order valence-electron chi connectivity index (χ4n) is 16.0. The molecule has 4 aliphatic rings. The maximum atomic E-state index is 2.81. The van der Waals surface area contributed by atoms with Crippen LogP contribution in [-0.4, -0.2) is 12.3 Å². The molecule has 15 rings (SSSR count). The lowest BCUT2D eigenvalue weighted by molar-refractivity contribution is 0.195. The van der Waals surface area contributed by atoms with E-state index in [1.54, 1.807) is 0 Å². The van der Waals surface area contributed by atoms with Gasteiger partial charge in [0.15, 0.2) is 0 Å². The molecular formula is C86H87BN4S. The van der Waals surface area contributed by atoms with Gasteiger partial charge >= 0.3 is 0 Å². The van der Waals surface area contributed by atoms with E-state index < -0.39 is 0 Å². The second-order valence-corrected chi connectivity index (χ2v) is 32.5. The van der Waals surface area contributed by atoms with E-state index in [9.17, 15) is 0 Å². The van der Waals surface area contributed by atoms with Crippen molar-refractivity contribution in [3.63, 3.8) is 0 Å². The second kappa shape index (κ2) is 21.5. The van der Waals surface area contributed by atoms with Gasteiger partial charge in [-0.25, -0.2) is 0 Å². The van der Waals surface area contributed by atoms with Gasteiger partial charge < -0.3 is 19.6 Å². The molecule has 0 radical (unpaired) electrons. The summed E-state index contributed by atoms with van der Waals surface area (Å²) < 4.78 is 2.64. The molecule has 3 aliphatic heterocycles. The standard InChI is InChI=1S/C86H87BN4S/c1-81(2,3)59-32-40-63(41-33-59)88(64-42-34-60(35-43-64)82(4,5)6)73-55-74-71(54-68(73)57-27-19-16-20-28-57)87-78-75(89(74)65-44-36-61(37-45-65)83(7,8)9)52-67(91-72-30-22-21-29-70(72)85(13)49-23-24-50-86(85,91)14)53-76(78)90(66-46-38-62(39-47-66)84(10,11)12)79-69-51-58(56-25-17-15-18-26-56)31-48-77(69)92-80(79)87/h15-22,25-48,51-55H,23-24,49-50H2,1-14H3. The molecule has 460 valence electrons. The van der Waals surface area contributed by atoms with Crippen molar-refractivity contribution >= 4 is 106 Å². The maximum absolute atomic E-state index is 2.81. The third kappa shape index (κ3) is 9.67. The Kier molecular flexibility index (Phi) is 14.0. The highest BCUT2D eigenvalue weighted by Crippen LogP contribution is 2.62. The fourth-order valence-corrected chi connectivity index (χ4v) is 17.3. The van der Waals surface area contributed by atoms with Crippen molar-refractivity contribution in [3.05, 3.63) is 252 Å². The molecule has 0 amide bonds. The SMILES string of the molecule is CC(C)(C)c1ccc(N(c2ccc(C(C)(C)C)cc2)c2cc3c(cc2-c2ccccc2)B2c4sc5ccc(-c6ccccc6)cc5c4N(c4ccc(C(C)(C)C)cc4)c4cc(N5c6ccccc6C6(C)CCCCC56C)cc(c42)N3c2ccc(C(C)(C)C)cc2)cc1. The van der Waals surface area contributed by atoms with E-state index >= 15 is 0 Å². The maximum Gasteiger partial charge on any atom is 0.264 e. The predicted octanol–water partition coefficient (Wildman–Crippen LogP) is 22.7. The number of hydrogen-bond donors (Lipinski definition) is 0. The molecule has 10 aromatic carbocycles. The number of thiophene rings is 1. The lowest BCUT2D eigenvalue weighted by Crippen LogP contribution is -2.60. The van der Waals surface area contributed by atoms with Gasteiger partial charge in [0.1, 0.15) is 0 Å². The molecule has 11 aromatic rings. The van der Waals surface area contributed by atoms with E-state index in [1.165, 1.54) is 123 Å². The summed E-state index contributed by atoms with van der Waals surface area (Å²) >= 11 is 1.98. The quantitative estimate of drug-likeness (QED) is 0.141. The largest absolute Gasteiger partial charge is 0.334 e. The van der Waals surface area contributed by atoms with E-state index in [4.69, 9.17) is 0 Å². The molecule has 1 aromatic heterocycles. The van der Waals surface area contributed by atoms with Gasteiger partial charge in [0.25, 0.3) is 6.71 Å². The van der Waals surface area contributed by atoms with Crippen molar-refractivity contribution < 1.29 is 0 Å². The number of fused-ring (bicyclic) bond motifs is 9. The molecule has 92 heavy (non-hydrogen) atoms. The van der Waals surface area contributed by atoms with Crippen LogP contribution in [0.1, 0.15) is 150 Å². The molecule has 4 nitrogen and oxygen atoms in total. The summed E-state index contributed by atoms with van der Waals surface area (Å²) in [7, 11) is 0. The molecule has 1 aliphatic carbocycles. The number of nitrogens with zero attached hydrogens (tertiary/aromatic N) is 4. The molecule has 2 unspecified atom stereocenters. The van der Waals surface area contributed by atoms with Crippen LogP contribution in [0.5, 0.6) is 0 Å². The Morgan fingerprint density at radius 2 is 0.913 bits per heavy atom. The minimum absolute atomic E-state index is 0.0168. The average Bonchev–Trinajstić information content (AvgIpc) is 1.33. The van der Waals surface area contributed by atoms with Crippen LogP contribution in [-0.2, 0) is 27.1 Å². The molecule has 1 fully saturated rings. The van der Waals surface area contributed by atoms with Crippen molar-refractivity contribution in [2.45, 2.75) is 155 Å². The van der Waals surface area contributed by atoms with E-state index in [0.29, 0.717) is 0 Å². The highest BCUT2D eigenvalue weighted by atomic mass is 32.1. The third-order valence-electron chi connectivity index (χ3n) is 21.4. The van der Waals surface area contributed by atoms with E-state index in [-0.39, 0.29) is 39.3 Å².